The van der Waals surface area contributed by atoms with Crippen molar-refractivity contribution >= 4 is 11.7 Å². The summed E-state index contributed by atoms with van der Waals surface area (Å²) in [6.07, 6.45) is 0. The molecule has 1 atom stereocenters. The van der Waals surface area contributed by atoms with Crippen LogP contribution in [0.1, 0.15) is 5.56 Å². The van der Waals surface area contributed by atoms with Gasteiger partial charge >= 0.3 is 5.97 Å². The van der Waals surface area contributed by atoms with Crippen molar-refractivity contribution in [1.29, 1.82) is 5.26 Å². The fraction of sp³-hybridized carbons (Fsp3) is 0.200. The molecule has 5 nitrogen and oxygen atoms in total. The summed E-state index contributed by atoms with van der Waals surface area (Å²) in [5.74, 6) is -1.14. The van der Waals surface area contributed by atoms with E-state index < -0.39 is 18.6 Å². The van der Waals surface area contributed by atoms with Gasteiger partial charge in [0, 0.05) is 5.69 Å². The molecule has 0 aliphatic heterocycles. The number of benzene rings is 1. The molecule has 0 amide bonds. The predicted molar refractivity (Wildman–Crippen MR) is 53.3 cm³/mol. The molecule has 0 saturated carbocycles. The van der Waals surface area contributed by atoms with Crippen molar-refractivity contribution in [2.45, 2.75) is 6.04 Å². The first kappa shape index (κ1) is 11.0. The number of nitrogens with zero attached hydrogens (tertiary/aromatic N) is 1. The summed E-state index contributed by atoms with van der Waals surface area (Å²) < 4.78 is 0. The van der Waals surface area contributed by atoms with Crippen LogP contribution in [0.4, 0.5) is 5.69 Å². The maximum absolute atomic E-state index is 10.6. The largest absolute Gasteiger partial charge is 0.480 e. The molecule has 78 valence electrons. The Morgan fingerprint density at radius 1 is 1.60 bits per heavy atom. The van der Waals surface area contributed by atoms with Gasteiger partial charge in [-0.3, -0.25) is 0 Å². The molecule has 0 bridgehead atoms. The second-order valence-electron chi connectivity index (χ2n) is 2.91. The van der Waals surface area contributed by atoms with Crippen LogP contribution in [0.15, 0.2) is 24.3 Å². The van der Waals surface area contributed by atoms with Gasteiger partial charge in [-0.1, -0.05) is 6.07 Å². The van der Waals surface area contributed by atoms with E-state index in [2.05, 4.69) is 5.32 Å². The van der Waals surface area contributed by atoms with E-state index in [9.17, 15) is 4.79 Å². The molecule has 0 aliphatic rings. The molecule has 0 aromatic heterocycles. The van der Waals surface area contributed by atoms with Crippen LogP contribution in [0.2, 0.25) is 0 Å². The third-order valence-electron chi connectivity index (χ3n) is 1.81. The summed E-state index contributed by atoms with van der Waals surface area (Å²) in [4.78, 5) is 10.6. The number of hydrogen-bond acceptors (Lipinski definition) is 4. The molecule has 0 spiro atoms. The average molecular weight is 206 g/mol. The topological polar surface area (TPSA) is 93.4 Å². The first-order chi connectivity index (χ1) is 7.17. The number of aliphatic hydroxyl groups excluding tert-OH is 1. The molecule has 0 saturated heterocycles. The van der Waals surface area contributed by atoms with Crippen LogP contribution in [0.25, 0.3) is 0 Å². The maximum atomic E-state index is 10.6. The molecule has 3 N–H and O–H groups in total. The molecule has 1 aromatic rings. The number of aliphatic carboxylic acids is 1. The minimum atomic E-state index is -1.14. The van der Waals surface area contributed by atoms with Crippen molar-refractivity contribution in [2.24, 2.45) is 0 Å². The highest BCUT2D eigenvalue weighted by molar-refractivity contribution is 5.77. The standard InChI is InChI=1S/C10H10N2O3/c11-5-7-2-1-3-8(4-7)12-9(6-13)10(14)15/h1-4,9,12-13H,6H2,(H,14,15). The number of carboxylic acid groups (broad SMARTS) is 1. The van der Waals surface area contributed by atoms with Gasteiger partial charge < -0.3 is 15.5 Å². The number of aliphatic hydroxyl groups is 1. The van der Waals surface area contributed by atoms with Crippen LogP contribution < -0.4 is 5.32 Å². The van der Waals surface area contributed by atoms with Crippen LogP contribution >= 0.6 is 0 Å². The molecular formula is C10H10N2O3. The monoisotopic (exact) mass is 206 g/mol. The van der Waals surface area contributed by atoms with Crippen molar-refractivity contribution in [3.63, 3.8) is 0 Å². The van der Waals surface area contributed by atoms with Gasteiger partial charge in [0.1, 0.15) is 6.04 Å². The lowest BCUT2D eigenvalue weighted by molar-refractivity contribution is -0.138. The smallest absolute Gasteiger partial charge is 0.328 e. The lowest BCUT2D eigenvalue weighted by Crippen LogP contribution is -2.32. The highest BCUT2D eigenvalue weighted by Gasteiger charge is 2.15. The molecule has 1 aromatic carbocycles. The Kier molecular flexibility index (Phi) is 3.66. The second-order valence-corrected chi connectivity index (χ2v) is 2.91. The number of nitriles is 1. The van der Waals surface area contributed by atoms with E-state index in [1.54, 1.807) is 18.2 Å². The van der Waals surface area contributed by atoms with E-state index in [1.807, 2.05) is 6.07 Å². The summed E-state index contributed by atoms with van der Waals surface area (Å²) in [6, 6.07) is 7.28. The highest BCUT2D eigenvalue weighted by atomic mass is 16.4. The molecule has 0 heterocycles. The van der Waals surface area contributed by atoms with E-state index in [-0.39, 0.29) is 0 Å². The van der Waals surface area contributed by atoms with Crippen LogP contribution in [-0.2, 0) is 4.79 Å². The van der Waals surface area contributed by atoms with Crippen molar-refractivity contribution < 1.29 is 15.0 Å². The van der Waals surface area contributed by atoms with Gasteiger partial charge in [-0.25, -0.2) is 4.79 Å². The van der Waals surface area contributed by atoms with Crippen molar-refractivity contribution in [3.05, 3.63) is 29.8 Å². The lowest BCUT2D eigenvalue weighted by Gasteiger charge is -2.12. The number of carboxylic acids is 1. The maximum Gasteiger partial charge on any atom is 0.328 e. The highest BCUT2D eigenvalue weighted by Crippen LogP contribution is 2.10. The Morgan fingerprint density at radius 2 is 2.33 bits per heavy atom. The van der Waals surface area contributed by atoms with Gasteiger partial charge in [0.2, 0.25) is 0 Å². The van der Waals surface area contributed by atoms with Crippen LogP contribution in [0.3, 0.4) is 0 Å². The Balaban J connectivity index is 2.80. The van der Waals surface area contributed by atoms with Crippen molar-refractivity contribution in [3.8, 4) is 6.07 Å². The first-order valence-corrected chi connectivity index (χ1v) is 4.27. The van der Waals surface area contributed by atoms with Gasteiger partial charge in [0.05, 0.1) is 18.2 Å². The Labute approximate surface area is 86.6 Å². The zero-order chi connectivity index (χ0) is 11.3. The quantitative estimate of drug-likeness (QED) is 0.663. The zero-order valence-corrected chi connectivity index (χ0v) is 7.84. The van der Waals surface area contributed by atoms with E-state index in [0.717, 1.165) is 0 Å². The molecular weight excluding hydrogens is 196 g/mol. The predicted octanol–water partition coefficient (Wildman–Crippen LogP) is 0.416. The fourth-order valence-electron chi connectivity index (χ4n) is 1.07. The summed E-state index contributed by atoms with van der Waals surface area (Å²) in [6.45, 7) is -0.508. The molecule has 1 unspecified atom stereocenters. The third-order valence-corrected chi connectivity index (χ3v) is 1.81. The minimum absolute atomic E-state index is 0.432. The normalized spacial score (nSPS) is 11.5. The summed E-state index contributed by atoms with van der Waals surface area (Å²) in [5, 5.41) is 28.7. The molecule has 0 radical (unpaired) electrons. The molecule has 0 aliphatic carbocycles. The van der Waals surface area contributed by atoms with Gasteiger partial charge in [0.25, 0.3) is 0 Å². The number of nitrogens with one attached hydrogen (secondary N) is 1. The Hall–Kier alpha value is -2.06. The second kappa shape index (κ2) is 4.98. The fourth-order valence-corrected chi connectivity index (χ4v) is 1.07. The SMILES string of the molecule is N#Cc1cccc(NC(CO)C(=O)O)c1. The number of anilines is 1. The van der Waals surface area contributed by atoms with Gasteiger partial charge in [-0.2, -0.15) is 5.26 Å². The van der Waals surface area contributed by atoms with Gasteiger partial charge in [0.15, 0.2) is 0 Å². The average Bonchev–Trinajstić information content (AvgIpc) is 2.25. The summed E-state index contributed by atoms with van der Waals surface area (Å²) in [5.41, 5.74) is 0.928. The minimum Gasteiger partial charge on any atom is -0.480 e. The third kappa shape index (κ3) is 2.97. The molecule has 1 rings (SSSR count). The Morgan fingerprint density at radius 3 is 2.87 bits per heavy atom. The number of rotatable bonds is 4. The molecule has 0 fully saturated rings. The van der Waals surface area contributed by atoms with Gasteiger partial charge in [-0.05, 0) is 18.2 Å². The zero-order valence-electron chi connectivity index (χ0n) is 7.84. The lowest BCUT2D eigenvalue weighted by atomic mass is 10.2. The van der Waals surface area contributed by atoms with Crippen LogP contribution in [-0.4, -0.2) is 28.8 Å². The van der Waals surface area contributed by atoms with E-state index in [1.165, 1.54) is 6.07 Å². The van der Waals surface area contributed by atoms with Gasteiger partial charge in [-0.15, -0.1) is 0 Å². The summed E-state index contributed by atoms with van der Waals surface area (Å²) in [7, 11) is 0. The van der Waals surface area contributed by atoms with E-state index in [0.29, 0.717) is 11.3 Å². The first-order valence-electron chi connectivity index (χ1n) is 4.27. The van der Waals surface area contributed by atoms with Crippen LogP contribution in [0, 0.1) is 11.3 Å². The van der Waals surface area contributed by atoms with Crippen molar-refractivity contribution in [1.82, 2.24) is 0 Å². The number of carbonyl (C=O) groups is 1. The molecule has 5 heteroatoms. The van der Waals surface area contributed by atoms with E-state index in [4.69, 9.17) is 15.5 Å². The molecule has 15 heavy (non-hydrogen) atoms. The number of hydrogen-bond donors (Lipinski definition) is 3. The van der Waals surface area contributed by atoms with E-state index >= 15 is 0 Å². The van der Waals surface area contributed by atoms with Crippen molar-refractivity contribution in [2.75, 3.05) is 11.9 Å². The Bertz CT molecular complexity index is 398. The van der Waals surface area contributed by atoms with Crippen LogP contribution in [0.5, 0.6) is 0 Å². The summed E-state index contributed by atoms with van der Waals surface area (Å²) >= 11 is 0.